The Morgan fingerprint density at radius 3 is 2.32 bits per heavy atom. The van der Waals surface area contributed by atoms with Crippen LogP contribution in [0.25, 0.3) is 0 Å². The van der Waals surface area contributed by atoms with E-state index in [-0.39, 0.29) is 5.60 Å². The Hall–Kier alpha value is 0.1000. The summed E-state index contributed by atoms with van der Waals surface area (Å²) in [7, 11) is 1.95. The number of piperidine rings is 1. The van der Waals surface area contributed by atoms with Gasteiger partial charge in [0.05, 0.1) is 3.79 Å². The smallest absolute Gasteiger partial charge is 0.110 e. The van der Waals surface area contributed by atoms with Crippen LogP contribution in [0.3, 0.4) is 0 Å². The molecule has 1 aliphatic heterocycles. The minimum Gasteiger partial charge on any atom is -0.372 e. The lowest BCUT2D eigenvalue weighted by Crippen LogP contribution is -2.73. The van der Waals surface area contributed by atoms with E-state index in [0.717, 1.165) is 5.92 Å². The summed E-state index contributed by atoms with van der Waals surface area (Å²) in [5.41, 5.74) is 0.601. The molecule has 1 aromatic heterocycles. The van der Waals surface area contributed by atoms with Gasteiger partial charge in [0.1, 0.15) is 5.60 Å². The van der Waals surface area contributed by atoms with E-state index in [0.29, 0.717) is 17.4 Å². The van der Waals surface area contributed by atoms with Crippen LogP contribution in [0.15, 0.2) is 15.9 Å². The summed E-state index contributed by atoms with van der Waals surface area (Å²) in [4.78, 5) is 4.33. The van der Waals surface area contributed by atoms with E-state index in [1.807, 2.05) is 18.4 Å². The van der Waals surface area contributed by atoms with Crippen molar-refractivity contribution in [3.8, 4) is 0 Å². The maximum absolute atomic E-state index is 6.33. The number of halogens is 1. The lowest BCUT2D eigenvalue weighted by atomic mass is 9.48. The molecule has 1 saturated heterocycles. The number of likely N-dealkylation sites (tertiary alicyclic amines) is 1. The molecule has 0 unspecified atom stereocenters. The number of hydrogen-bond acceptors (Lipinski definition) is 3. The molecule has 3 atom stereocenters. The SMILES string of the molecule is CO[C@]1(c2ccc(Br)s2)[C@@H]2CCC[C@H]1CN(C13CC(C1)C3)C2. The van der Waals surface area contributed by atoms with Crippen LogP contribution in [-0.2, 0) is 10.3 Å². The average Bonchev–Trinajstić information content (AvgIpc) is 2.81. The number of fused-ring (bicyclic) bond motifs is 2. The summed E-state index contributed by atoms with van der Waals surface area (Å²) in [5, 5.41) is 0. The Balaban J connectivity index is 1.50. The molecule has 4 bridgehead atoms. The summed E-state index contributed by atoms with van der Waals surface area (Å²) in [6.45, 7) is 2.51. The third kappa shape index (κ3) is 1.73. The van der Waals surface area contributed by atoms with Crippen molar-refractivity contribution in [2.24, 2.45) is 17.8 Å². The van der Waals surface area contributed by atoms with Crippen molar-refractivity contribution in [1.29, 1.82) is 0 Å². The first-order valence-corrected chi connectivity index (χ1v) is 10.3. The molecule has 4 heteroatoms. The van der Waals surface area contributed by atoms with Gasteiger partial charge in [-0.1, -0.05) is 6.42 Å². The maximum Gasteiger partial charge on any atom is 0.110 e. The van der Waals surface area contributed by atoms with Crippen molar-refractivity contribution in [2.75, 3.05) is 20.2 Å². The topological polar surface area (TPSA) is 12.5 Å². The summed E-state index contributed by atoms with van der Waals surface area (Å²) >= 11 is 5.54. The second-order valence-electron chi connectivity index (χ2n) is 8.03. The van der Waals surface area contributed by atoms with Crippen LogP contribution >= 0.6 is 27.3 Å². The highest BCUT2D eigenvalue weighted by Crippen LogP contribution is 2.63. The molecule has 0 aromatic carbocycles. The summed E-state index contributed by atoms with van der Waals surface area (Å²) in [6, 6.07) is 4.50. The van der Waals surface area contributed by atoms with Crippen LogP contribution in [0.1, 0.15) is 43.4 Å². The van der Waals surface area contributed by atoms with Gasteiger partial charge in [-0.25, -0.2) is 0 Å². The predicted molar refractivity (Wildman–Crippen MR) is 93.2 cm³/mol. The highest BCUT2D eigenvalue weighted by Gasteiger charge is 2.64. The molecule has 5 aliphatic rings. The fourth-order valence-corrected chi connectivity index (χ4v) is 7.71. The summed E-state index contributed by atoms with van der Waals surface area (Å²) in [6.07, 6.45) is 8.49. The van der Waals surface area contributed by atoms with Gasteiger partial charge in [-0.05, 0) is 66.1 Å². The molecule has 4 saturated carbocycles. The molecule has 22 heavy (non-hydrogen) atoms. The Labute approximate surface area is 145 Å². The zero-order valence-electron chi connectivity index (χ0n) is 13.2. The predicted octanol–water partition coefficient (Wildman–Crippen LogP) is 4.64. The molecule has 4 aliphatic carbocycles. The fraction of sp³-hybridized carbons (Fsp3) is 0.778. The maximum atomic E-state index is 6.33. The van der Waals surface area contributed by atoms with Crippen molar-refractivity contribution in [3.63, 3.8) is 0 Å². The number of ether oxygens (including phenoxy) is 1. The van der Waals surface area contributed by atoms with Crippen molar-refractivity contribution >= 4 is 27.3 Å². The minimum atomic E-state index is -0.0189. The van der Waals surface area contributed by atoms with Gasteiger partial charge in [0.2, 0.25) is 0 Å². The molecule has 0 spiro atoms. The van der Waals surface area contributed by atoms with Crippen LogP contribution < -0.4 is 0 Å². The van der Waals surface area contributed by atoms with E-state index in [1.165, 1.54) is 60.3 Å². The van der Waals surface area contributed by atoms with Gasteiger partial charge in [0.25, 0.3) is 0 Å². The molecule has 2 nitrogen and oxygen atoms in total. The highest BCUT2D eigenvalue weighted by molar-refractivity contribution is 9.11. The minimum absolute atomic E-state index is 0.0189. The van der Waals surface area contributed by atoms with Crippen molar-refractivity contribution in [2.45, 2.75) is 49.7 Å². The molecule has 1 aromatic rings. The number of hydrogen-bond donors (Lipinski definition) is 0. The number of nitrogens with zero attached hydrogens (tertiary/aromatic N) is 1. The van der Waals surface area contributed by atoms with Crippen molar-refractivity contribution in [3.05, 3.63) is 20.8 Å². The van der Waals surface area contributed by atoms with E-state index < -0.39 is 0 Å². The van der Waals surface area contributed by atoms with E-state index >= 15 is 0 Å². The first-order valence-electron chi connectivity index (χ1n) is 8.72. The largest absolute Gasteiger partial charge is 0.372 e. The Bertz CT molecular complexity index is 569. The molecule has 5 fully saturated rings. The van der Waals surface area contributed by atoms with Crippen LogP contribution in [0.5, 0.6) is 0 Å². The third-order valence-corrected chi connectivity index (χ3v) is 8.93. The van der Waals surface area contributed by atoms with Gasteiger partial charge >= 0.3 is 0 Å². The molecule has 2 heterocycles. The van der Waals surface area contributed by atoms with Crippen LogP contribution in [-0.4, -0.2) is 30.6 Å². The first kappa shape index (κ1) is 14.4. The van der Waals surface area contributed by atoms with E-state index in [1.54, 1.807) is 0 Å². The zero-order chi connectivity index (χ0) is 14.9. The number of thiophene rings is 1. The van der Waals surface area contributed by atoms with E-state index in [2.05, 4.69) is 33.0 Å². The molecule has 6 rings (SSSR count). The molecule has 0 radical (unpaired) electrons. The van der Waals surface area contributed by atoms with Gasteiger partial charge in [-0.2, -0.15) is 0 Å². The lowest BCUT2D eigenvalue weighted by Gasteiger charge is -2.70. The van der Waals surface area contributed by atoms with Gasteiger partial charge in [-0.15, -0.1) is 11.3 Å². The zero-order valence-corrected chi connectivity index (χ0v) is 15.6. The third-order valence-electron chi connectivity index (χ3n) is 7.17. The quantitative estimate of drug-likeness (QED) is 0.755. The van der Waals surface area contributed by atoms with Crippen LogP contribution in [0.4, 0.5) is 0 Å². The van der Waals surface area contributed by atoms with Crippen molar-refractivity contribution < 1.29 is 4.74 Å². The first-order chi connectivity index (χ1) is 10.7. The normalized spacial score (nSPS) is 46.9. The highest BCUT2D eigenvalue weighted by atomic mass is 79.9. The lowest BCUT2D eigenvalue weighted by molar-refractivity contribution is -0.225. The standard InChI is InChI=1S/C18H24BrNOS/c1-21-18(15-5-6-16(19)22-15)13-3-2-4-14(18)11-20(10-13)17-7-12(8-17)9-17/h5-6,12-14H,2-4,7-11H2,1H3/t12?,13-,14+,17?,18-. The molecule has 0 N–H and O–H groups in total. The second-order valence-corrected chi connectivity index (χ2v) is 10.5. The Morgan fingerprint density at radius 2 is 1.86 bits per heavy atom. The second kappa shape index (κ2) is 4.81. The Morgan fingerprint density at radius 1 is 1.18 bits per heavy atom. The number of rotatable bonds is 3. The molecular weight excluding hydrogens is 358 g/mol. The van der Waals surface area contributed by atoms with Gasteiger partial charge in [0.15, 0.2) is 0 Å². The van der Waals surface area contributed by atoms with E-state index in [9.17, 15) is 0 Å². The molecular formula is C18H24BrNOS. The van der Waals surface area contributed by atoms with E-state index in [4.69, 9.17) is 4.74 Å². The van der Waals surface area contributed by atoms with Crippen LogP contribution in [0.2, 0.25) is 0 Å². The summed E-state index contributed by atoms with van der Waals surface area (Å²) < 4.78 is 7.57. The molecule has 0 amide bonds. The average molecular weight is 382 g/mol. The van der Waals surface area contributed by atoms with Crippen molar-refractivity contribution in [1.82, 2.24) is 4.90 Å². The molecule has 120 valence electrons. The Kier molecular flexibility index (Phi) is 3.16. The number of methoxy groups -OCH3 is 1. The summed E-state index contributed by atoms with van der Waals surface area (Å²) in [5.74, 6) is 2.41. The van der Waals surface area contributed by atoms with Crippen LogP contribution in [0, 0.1) is 17.8 Å². The van der Waals surface area contributed by atoms with Gasteiger partial charge in [0, 0.05) is 42.5 Å². The fourth-order valence-electron chi connectivity index (χ4n) is 6.00. The van der Waals surface area contributed by atoms with Gasteiger partial charge < -0.3 is 4.74 Å². The van der Waals surface area contributed by atoms with Gasteiger partial charge in [-0.3, -0.25) is 4.90 Å². The monoisotopic (exact) mass is 381 g/mol.